The molecule has 2 aromatic rings. The van der Waals surface area contributed by atoms with E-state index in [0.29, 0.717) is 12.2 Å². The maximum Gasteiger partial charge on any atom is 0.251 e. The quantitative estimate of drug-likeness (QED) is 0.931. The van der Waals surface area contributed by atoms with Gasteiger partial charge < -0.3 is 10.1 Å². The Hall–Kier alpha value is -2.29. The van der Waals surface area contributed by atoms with Crippen LogP contribution in [0.3, 0.4) is 0 Å². The number of carbonyl (C=O) groups excluding carboxylic acids is 1. The van der Waals surface area contributed by atoms with Crippen molar-refractivity contribution in [3.8, 4) is 5.75 Å². The summed E-state index contributed by atoms with van der Waals surface area (Å²) in [4.78, 5) is 12.3. The fourth-order valence-electron chi connectivity index (χ4n) is 2.82. The van der Waals surface area contributed by atoms with Crippen molar-refractivity contribution in [2.24, 2.45) is 0 Å². The van der Waals surface area contributed by atoms with E-state index in [1.807, 2.05) is 25.1 Å². The second kappa shape index (κ2) is 6.00. The van der Waals surface area contributed by atoms with E-state index in [4.69, 9.17) is 4.74 Å². The van der Waals surface area contributed by atoms with Gasteiger partial charge in [-0.25, -0.2) is 0 Å². The van der Waals surface area contributed by atoms with Gasteiger partial charge in [0.05, 0.1) is 12.6 Å². The van der Waals surface area contributed by atoms with Crippen molar-refractivity contribution in [1.29, 1.82) is 0 Å². The molecule has 21 heavy (non-hydrogen) atoms. The summed E-state index contributed by atoms with van der Waals surface area (Å²) in [5, 5.41) is 3.12. The number of hydrogen-bond donors (Lipinski definition) is 1. The summed E-state index contributed by atoms with van der Waals surface area (Å²) >= 11 is 0. The summed E-state index contributed by atoms with van der Waals surface area (Å²) in [6, 6.07) is 15.7. The molecule has 3 rings (SSSR count). The Balaban J connectivity index is 1.69. The zero-order chi connectivity index (χ0) is 14.7. The predicted molar refractivity (Wildman–Crippen MR) is 82.6 cm³/mol. The standard InChI is InChI=1S/C18H19NO2/c1-2-21-15-10-7-14(8-11-15)18(20)19-17-12-9-13-5-3-4-6-16(13)17/h3-8,10-11,17H,2,9,12H2,1H3,(H,19,20). The van der Waals surface area contributed by atoms with Crippen LogP contribution in [0.5, 0.6) is 5.75 Å². The van der Waals surface area contributed by atoms with Crippen molar-refractivity contribution in [2.75, 3.05) is 6.61 Å². The van der Waals surface area contributed by atoms with Gasteiger partial charge in [-0.3, -0.25) is 4.79 Å². The lowest BCUT2D eigenvalue weighted by atomic mass is 10.1. The highest BCUT2D eigenvalue weighted by Gasteiger charge is 2.23. The molecule has 0 aliphatic heterocycles. The Labute approximate surface area is 124 Å². The summed E-state index contributed by atoms with van der Waals surface area (Å²) in [6.45, 7) is 2.57. The molecule has 0 aromatic heterocycles. The Bertz CT molecular complexity index is 634. The van der Waals surface area contributed by atoms with Crippen molar-refractivity contribution < 1.29 is 9.53 Å². The number of fused-ring (bicyclic) bond motifs is 1. The minimum absolute atomic E-state index is 0.0280. The number of benzene rings is 2. The third-order valence-corrected chi connectivity index (χ3v) is 3.87. The van der Waals surface area contributed by atoms with Gasteiger partial charge in [0.1, 0.15) is 5.75 Å². The Kier molecular flexibility index (Phi) is 3.91. The summed E-state index contributed by atoms with van der Waals surface area (Å²) in [6.07, 6.45) is 2.01. The molecule has 0 spiro atoms. The van der Waals surface area contributed by atoms with Gasteiger partial charge >= 0.3 is 0 Å². The van der Waals surface area contributed by atoms with E-state index in [2.05, 4.69) is 23.5 Å². The molecule has 2 aromatic carbocycles. The molecule has 3 heteroatoms. The number of carbonyl (C=O) groups is 1. The van der Waals surface area contributed by atoms with E-state index >= 15 is 0 Å². The molecule has 0 heterocycles. The fraction of sp³-hybridized carbons (Fsp3) is 0.278. The average Bonchev–Trinajstić information content (AvgIpc) is 2.92. The van der Waals surface area contributed by atoms with Crippen LogP contribution < -0.4 is 10.1 Å². The lowest BCUT2D eigenvalue weighted by Gasteiger charge is -2.14. The molecule has 1 aliphatic rings. The number of rotatable bonds is 4. The van der Waals surface area contributed by atoms with Crippen LogP contribution in [0.15, 0.2) is 48.5 Å². The molecule has 3 nitrogen and oxygen atoms in total. The minimum Gasteiger partial charge on any atom is -0.494 e. The molecule has 1 N–H and O–H groups in total. The maximum atomic E-state index is 12.3. The molecule has 1 amide bonds. The first-order valence-electron chi connectivity index (χ1n) is 7.39. The van der Waals surface area contributed by atoms with Crippen molar-refractivity contribution in [2.45, 2.75) is 25.8 Å². The summed E-state index contributed by atoms with van der Waals surface area (Å²) in [5.74, 6) is 0.764. The molecule has 0 radical (unpaired) electrons. The first-order valence-corrected chi connectivity index (χ1v) is 7.39. The molecule has 0 bridgehead atoms. The van der Waals surface area contributed by atoms with E-state index in [9.17, 15) is 4.79 Å². The zero-order valence-corrected chi connectivity index (χ0v) is 12.1. The lowest BCUT2D eigenvalue weighted by Crippen LogP contribution is -2.27. The molecule has 1 aliphatic carbocycles. The Morgan fingerprint density at radius 1 is 1.19 bits per heavy atom. The molecular formula is C18H19NO2. The summed E-state index contributed by atoms with van der Waals surface area (Å²) in [5.41, 5.74) is 3.26. The van der Waals surface area contributed by atoms with Crippen LogP contribution in [0.2, 0.25) is 0 Å². The number of amides is 1. The molecular weight excluding hydrogens is 262 g/mol. The topological polar surface area (TPSA) is 38.3 Å². The molecule has 0 saturated carbocycles. The summed E-state index contributed by atoms with van der Waals surface area (Å²) in [7, 11) is 0. The second-order valence-corrected chi connectivity index (χ2v) is 5.22. The number of ether oxygens (including phenoxy) is 1. The van der Waals surface area contributed by atoms with Gasteiger partial charge in [0.2, 0.25) is 0 Å². The Morgan fingerprint density at radius 2 is 1.95 bits per heavy atom. The SMILES string of the molecule is CCOc1ccc(C(=O)NC2CCc3ccccc32)cc1. The second-order valence-electron chi connectivity index (χ2n) is 5.22. The largest absolute Gasteiger partial charge is 0.494 e. The van der Waals surface area contributed by atoms with E-state index in [-0.39, 0.29) is 11.9 Å². The van der Waals surface area contributed by atoms with E-state index in [1.165, 1.54) is 11.1 Å². The van der Waals surface area contributed by atoms with Gasteiger partial charge in [-0.1, -0.05) is 24.3 Å². The van der Waals surface area contributed by atoms with Gasteiger partial charge in [0, 0.05) is 5.56 Å². The van der Waals surface area contributed by atoms with E-state index in [1.54, 1.807) is 12.1 Å². The van der Waals surface area contributed by atoms with E-state index < -0.39 is 0 Å². The van der Waals surface area contributed by atoms with Gasteiger partial charge in [0.25, 0.3) is 5.91 Å². The highest BCUT2D eigenvalue weighted by molar-refractivity contribution is 5.94. The van der Waals surface area contributed by atoms with Crippen LogP contribution in [0.4, 0.5) is 0 Å². The fourth-order valence-corrected chi connectivity index (χ4v) is 2.82. The molecule has 1 atom stereocenters. The first-order chi connectivity index (χ1) is 10.3. The van der Waals surface area contributed by atoms with Crippen LogP contribution in [-0.4, -0.2) is 12.5 Å². The third-order valence-electron chi connectivity index (χ3n) is 3.87. The van der Waals surface area contributed by atoms with Gasteiger partial charge in [-0.2, -0.15) is 0 Å². The molecule has 0 fully saturated rings. The minimum atomic E-state index is -0.0280. The van der Waals surface area contributed by atoms with Crippen LogP contribution in [-0.2, 0) is 6.42 Å². The predicted octanol–water partition coefficient (Wildman–Crippen LogP) is 3.50. The third kappa shape index (κ3) is 2.92. The highest BCUT2D eigenvalue weighted by atomic mass is 16.5. The van der Waals surface area contributed by atoms with Crippen LogP contribution in [0, 0.1) is 0 Å². The molecule has 0 saturated heterocycles. The van der Waals surface area contributed by atoms with Gasteiger partial charge in [-0.05, 0) is 55.2 Å². The monoisotopic (exact) mass is 281 g/mol. The van der Waals surface area contributed by atoms with Gasteiger partial charge in [-0.15, -0.1) is 0 Å². The number of hydrogen-bond acceptors (Lipinski definition) is 2. The van der Waals surface area contributed by atoms with Crippen molar-refractivity contribution in [3.63, 3.8) is 0 Å². The zero-order valence-electron chi connectivity index (χ0n) is 12.1. The van der Waals surface area contributed by atoms with Crippen LogP contribution >= 0.6 is 0 Å². The molecule has 108 valence electrons. The number of aryl methyl sites for hydroxylation is 1. The average molecular weight is 281 g/mol. The van der Waals surface area contributed by atoms with Crippen LogP contribution in [0.1, 0.15) is 40.9 Å². The van der Waals surface area contributed by atoms with E-state index in [0.717, 1.165) is 18.6 Å². The first kappa shape index (κ1) is 13.7. The normalized spacial score (nSPS) is 16.3. The van der Waals surface area contributed by atoms with Crippen molar-refractivity contribution in [3.05, 3.63) is 65.2 Å². The van der Waals surface area contributed by atoms with Crippen molar-refractivity contribution >= 4 is 5.91 Å². The lowest BCUT2D eigenvalue weighted by molar-refractivity contribution is 0.0936. The van der Waals surface area contributed by atoms with Gasteiger partial charge in [0.15, 0.2) is 0 Å². The summed E-state index contributed by atoms with van der Waals surface area (Å²) < 4.78 is 5.39. The highest BCUT2D eigenvalue weighted by Crippen LogP contribution is 2.30. The van der Waals surface area contributed by atoms with Crippen LogP contribution in [0.25, 0.3) is 0 Å². The number of nitrogens with one attached hydrogen (secondary N) is 1. The molecule has 1 unspecified atom stereocenters. The maximum absolute atomic E-state index is 12.3. The Morgan fingerprint density at radius 3 is 2.71 bits per heavy atom. The van der Waals surface area contributed by atoms with Crippen molar-refractivity contribution in [1.82, 2.24) is 5.32 Å². The smallest absolute Gasteiger partial charge is 0.251 e.